The van der Waals surface area contributed by atoms with Crippen LogP contribution in [0, 0.1) is 11.6 Å². The van der Waals surface area contributed by atoms with E-state index in [0.29, 0.717) is 13.2 Å². The molecule has 2 aromatic carbocycles. The number of unbranched alkanes of at least 4 members (excludes halogenated alkanes) is 7. The highest BCUT2D eigenvalue weighted by molar-refractivity contribution is 5.88. The smallest absolute Gasteiger partial charge is 0.336 e. The average Bonchev–Trinajstić information content (AvgIpc) is 2.85. The second kappa shape index (κ2) is 15.9. The Bertz CT molecular complexity index is 894. The minimum Gasteiger partial charge on any atom is -0.494 e. The van der Waals surface area contributed by atoms with Gasteiger partial charge in [-0.3, -0.25) is 0 Å². The summed E-state index contributed by atoms with van der Waals surface area (Å²) >= 11 is 0. The molecule has 0 atom stereocenters. The van der Waals surface area contributed by atoms with Crippen LogP contribution < -0.4 is 14.2 Å². The first-order valence-corrected chi connectivity index (χ1v) is 12.3. The van der Waals surface area contributed by atoms with Gasteiger partial charge in [-0.15, -0.1) is 0 Å². The molecule has 6 heteroatoms. The zero-order chi connectivity index (χ0) is 24.6. The van der Waals surface area contributed by atoms with Gasteiger partial charge >= 0.3 is 5.97 Å². The molecule has 0 bridgehead atoms. The number of halogens is 2. The van der Waals surface area contributed by atoms with Crippen LogP contribution in [0.1, 0.15) is 77.2 Å². The van der Waals surface area contributed by atoms with E-state index in [2.05, 4.69) is 6.92 Å². The van der Waals surface area contributed by atoms with Crippen LogP contribution in [0.3, 0.4) is 0 Å². The van der Waals surface area contributed by atoms with E-state index in [-0.39, 0.29) is 5.75 Å². The van der Waals surface area contributed by atoms with Crippen LogP contribution in [0.4, 0.5) is 8.78 Å². The van der Waals surface area contributed by atoms with Gasteiger partial charge in [0.05, 0.1) is 13.2 Å². The lowest BCUT2D eigenvalue weighted by atomic mass is 10.1. The first kappa shape index (κ1) is 27.4. The molecule has 0 aliphatic carbocycles. The first-order chi connectivity index (χ1) is 16.5. The van der Waals surface area contributed by atoms with E-state index < -0.39 is 23.4 Å². The average molecular weight is 475 g/mol. The lowest BCUT2D eigenvalue weighted by Gasteiger charge is -2.09. The van der Waals surface area contributed by atoms with Crippen molar-refractivity contribution in [3.63, 3.8) is 0 Å². The second-order valence-electron chi connectivity index (χ2n) is 8.19. The largest absolute Gasteiger partial charge is 0.494 e. The van der Waals surface area contributed by atoms with E-state index in [1.807, 2.05) is 31.2 Å². The summed E-state index contributed by atoms with van der Waals surface area (Å²) in [6, 6.07) is 9.74. The van der Waals surface area contributed by atoms with Gasteiger partial charge in [0.2, 0.25) is 11.6 Å². The van der Waals surface area contributed by atoms with Crippen LogP contribution in [-0.2, 0) is 4.79 Å². The Morgan fingerprint density at radius 3 is 2.03 bits per heavy atom. The molecule has 0 amide bonds. The summed E-state index contributed by atoms with van der Waals surface area (Å²) in [5.74, 6) is -3.13. The second-order valence-corrected chi connectivity index (χ2v) is 8.19. The normalized spacial score (nSPS) is 11.1. The van der Waals surface area contributed by atoms with Gasteiger partial charge < -0.3 is 14.2 Å². The van der Waals surface area contributed by atoms with Crippen molar-refractivity contribution in [3.05, 3.63) is 59.7 Å². The molecule has 0 fully saturated rings. The SMILES string of the molecule is CCCCCCCCOc1ccc(C=CC(=O)Oc2ccc(OCCCCC)c(F)c2F)cc1. The van der Waals surface area contributed by atoms with Crippen LogP contribution >= 0.6 is 0 Å². The molecule has 0 aliphatic heterocycles. The van der Waals surface area contributed by atoms with Gasteiger partial charge in [-0.1, -0.05) is 70.9 Å². The number of hydrogen-bond donors (Lipinski definition) is 0. The lowest BCUT2D eigenvalue weighted by Crippen LogP contribution is -2.07. The zero-order valence-electron chi connectivity index (χ0n) is 20.3. The van der Waals surface area contributed by atoms with E-state index >= 15 is 0 Å². The third-order valence-electron chi connectivity index (χ3n) is 5.29. The number of benzene rings is 2. The van der Waals surface area contributed by atoms with E-state index in [1.54, 1.807) is 6.08 Å². The van der Waals surface area contributed by atoms with Crippen molar-refractivity contribution in [2.75, 3.05) is 13.2 Å². The van der Waals surface area contributed by atoms with Crippen molar-refractivity contribution in [1.82, 2.24) is 0 Å². The van der Waals surface area contributed by atoms with Gasteiger partial charge in [-0.05, 0) is 48.7 Å². The van der Waals surface area contributed by atoms with Gasteiger partial charge in [0.15, 0.2) is 11.5 Å². The van der Waals surface area contributed by atoms with Crippen molar-refractivity contribution in [2.24, 2.45) is 0 Å². The van der Waals surface area contributed by atoms with Gasteiger partial charge in [-0.25, -0.2) is 4.79 Å². The van der Waals surface area contributed by atoms with E-state index in [4.69, 9.17) is 14.2 Å². The zero-order valence-corrected chi connectivity index (χ0v) is 20.3. The first-order valence-electron chi connectivity index (χ1n) is 12.3. The summed E-state index contributed by atoms with van der Waals surface area (Å²) in [6.45, 7) is 5.22. The van der Waals surface area contributed by atoms with Crippen LogP contribution in [-0.4, -0.2) is 19.2 Å². The molecular weight excluding hydrogens is 438 g/mol. The summed E-state index contributed by atoms with van der Waals surface area (Å²) in [6.07, 6.45) is 12.7. The molecule has 186 valence electrons. The minimum atomic E-state index is -1.25. The summed E-state index contributed by atoms with van der Waals surface area (Å²) in [7, 11) is 0. The maximum atomic E-state index is 14.2. The molecular formula is C28H36F2O4. The Kier molecular flexibility index (Phi) is 12.8. The van der Waals surface area contributed by atoms with Crippen molar-refractivity contribution in [1.29, 1.82) is 0 Å². The molecule has 0 spiro atoms. The minimum absolute atomic E-state index is 0.192. The number of carbonyl (C=O) groups excluding carboxylic acids is 1. The molecule has 0 aromatic heterocycles. The lowest BCUT2D eigenvalue weighted by molar-refractivity contribution is -0.129. The Morgan fingerprint density at radius 2 is 1.29 bits per heavy atom. The van der Waals surface area contributed by atoms with Crippen LogP contribution in [0.25, 0.3) is 6.08 Å². The quantitative estimate of drug-likeness (QED) is 0.107. The topological polar surface area (TPSA) is 44.8 Å². The van der Waals surface area contributed by atoms with Crippen LogP contribution in [0.2, 0.25) is 0 Å². The molecule has 34 heavy (non-hydrogen) atoms. The van der Waals surface area contributed by atoms with Crippen molar-refractivity contribution < 1.29 is 27.8 Å². The molecule has 0 saturated carbocycles. The predicted octanol–water partition coefficient (Wildman–Crippen LogP) is 7.89. The Balaban J connectivity index is 1.79. The molecule has 2 aromatic rings. The van der Waals surface area contributed by atoms with Crippen molar-refractivity contribution in [2.45, 2.75) is 71.6 Å². The highest BCUT2D eigenvalue weighted by Gasteiger charge is 2.17. The number of ether oxygens (including phenoxy) is 3. The molecule has 0 unspecified atom stereocenters. The van der Waals surface area contributed by atoms with E-state index in [0.717, 1.165) is 37.0 Å². The summed E-state index contributed by atoms with van der Waals surface area (Å²) in [4.78, 5) is 12.1. The van der Waals surface area contributed by atoms with Crippen molar-refractivity contribution in [3.8, 4) is 17.2 Å². The summed E-state index contributed by atoms with van der Waals surface area (Å²) < 4.78 is 44.4. The van der Waals surface area contributed by atoms with Gasteiger partial charge in [0.25, 0.3) is 0 Å². The van der Waals surface area contributed by atoms with Gasteiger partial charge in [0, 0.05) is 6.08 Å². The van der Waals surface area contributed by atoms with E-state index in [9.17, 15) is 13.6 Å². The molecule has 0 radical (unpaired) electrons. The maximum absolute atomic E-state index is 14.2. The summed E-state index contributed by atoms with van der Waals surface area (Å²) in [5, 5.41) is 0. The fraction of sp³-hybridized carbons (Fsp3) is 0.464. The van der Waals surface area contributed by atoms with E-state index in [1.165, 1.54) is 50.3 Å². The highest BCUT2D eigenvalue weighted by atomic mass is 19.2. The Hall–Kier alpha value is -2.89. The number of rotatable bonds is 16. The standard InChI is InChI=1S/C28H36F2O4/c1-3-5-7-8-9-11-20-32-23-15-12-22(13-16-23)14-19-26(31)34-25-18-17-24(27(29)28(25)30)33-21-10-6-4-2/h12-19H,3-11,20-21H2,1-2H3. The van der Waals surface area contributed by atoms with Crippen LogP contribution in [0.5, 0.6) is 17.2 Å². The maximum Gasteiger partial charge on any atom is 0.336 e. The number of esters is 1. The fourth-order valence-corrected chi connectivity index (χ4v) is 3.29. The van der Waals surface area contributed by atoms with Gasteiger partial charge in [0.1, 0.15) is 5.75 Å². The molecule has 0 saturated heterocycles. The van der Waals surface area contributed by atoms with Crippen LogP contribution in [0.15, 0.2) is 42.5 Å². The Morgan fingerprint density at radius 1 is 0.735 bits per heavy atom. The monoisotopic (exact) mass is 474 g/mol. The molecule has 0 N–H and O–H groups in total. The molecule has 0 heterocycles. The Labute approximate surface area is 201 Å². The van der Waals surface area contributed by atoms with Crippen molar-refractivity contribution >= 4 is 12.0 Å². The predicted molar refractivity (Wildman–Crippen MR) is 131 cm³/mol. The number of carbonyl (C=O) groups is 1. The summed E-state index contributed by atoms with van der Waals surface area (Å²) in [5.41, 5.74) is 0.756. The molecule has 4 nitrogen and oxygen atoms in total. The molecule has 2 rings (SSSR count). The van der Waals surface area contributed by atoms with Gasteiger partial charge in [-0.2, -0.15) is 8.78 Å². The molecule has 0 aliphatic rings. The number of hydrogen-bond acceptors (Lipinski definition) is 4. The third-order valence-corrected chi connectivity index (χ3v) is 5.29. The third kappa shape index (κ3) is 9.94. The highest BCUT2D eigenvalue weighted by Crippen LogP contribution is 2.28. The fourth-order valence-electron chi connectivity index (χ4n) is 3.29.